The van der Waals surface area contributed by atoms with Crippen molar-refractivity contribution in [1.82, 2.24) is 15.3 Å². The molecule has 0 bridgehead atoms. The molecule has 6 nitrogen and oxygen atoms in total. The van der Waals surface area contributed by atoms with Crippen LogP contribution < -0.4 is 16.0 Å². The van der Waals surface area contributed by atoms with E-state index in [1.807, 2.05) is 0 Å². The van der Waals surface area contributed by atoms with E-state index in [-0.39, 0.29) is 11.9 Å². The van der Waals surface area contributed by atoms with Crippen molar-refractivity contribution < 1.29 is 4.79 Å². The molecule has 1 amide bonds. The van der Waals surface area contributed by atoms with Gasteiger partial charge in [0.05, 0.1) is 6.20 Å². The Morgan fingerprint density at radius 1 is 1.55 bits per heavy atom. The van der Waals surface area contributed by atoms with Crippen LogP contribution in [0.2, 0.25) is 5.02 Å². The van der Waals surface area contributed by atoms with Gasteiger partial charge in [0.1, 0.15) is 11.1 Å². The average Bonchev–Trinajstić information content (AvgIpc) is 3.23. The smallest absolute Gasteiger partial charge is 0.242 e. The van der Waals surface area contributed by atoms with Gasteiger partial charge in [-0.2, -0.15) is 4.98 Å². The third kappa shape index (κ3) is 4.23. The number of halogens is 1. The van der Waals surface area contributed by atoms with Gasteiger partial charge in [0, 0.05) is 12.6 Å². The maximum atomic E-state index is 11.9. The number of nitrogens with zero attached hydrogens (tertiary/aromatic N) is 2. The number of hydrogen-bond acceptors (Lipinski definition) is 5. The fourth-order valence-electron chi connectivity index (χ4n) is 1.61. The van der Waals surface area contributed by atoms with E-state index in [1.165, 1.54) is 6.20 Å². The zero-order valence-electron chi connectivity index (χ0n) is 11.7. The highest BCUT2D eigenvalue weighted by atomic mass is 35.5. The number of aromatic nitrogens is 2. The van der Waals surface area contributed by atoms with Gasteiger partial charge in [-0.1, -0.05) is 18.5 Å². The van der Waals surface area contributed by atoms with Gasteiger partial charge in [-0.25, -0.2) is 4.98 Å². The molecule has 1 aliphatic carbocycles. The fourth-order valence-corrected chi connectivity index (χ4v) is 1.76. The summed E-state index contributed by atoms with van der Waals surface area (Å²) in [5.41, 5.74) is 0. The predicted octanol–water partition coefficient (Wildman–Crippen LogP) is 2.03. The molecule has 110 valence electrons. The number of carbonyl (C=O) groups excluding carboxylic acids is 1. The molecule has 1 heterocycles. The van der Waals surface area contributed by atoms with E-state index in [2.05, 4.69) is 32.8 Å². The molecule has 0 saturated heterocycles. The molecule has 1 aliphatic rings. The second kappa shape index (κ2) is 6.74. The quantitative estimate of drug-likeness (QED) is 0.718. The topological polar surface area (TPSA) is 78.9 Å². The first-order chi connectivity index (χ1) is 9.60. The van der Waals surface area contributed by atoms with Crippen LogP contribution in [0.25, 0.3) is 0 Å². The van der Waals surface area contributed by atoms with E-state index in [9.17, 15) is 4.79 Å². The van der Waals surface area contributed by atoms with E-state index in [4.69, 9.17) is 11.6 Å². The van der Waals surface area contributed by atoms with Crippen LogP contribution in [0.1, 0.15) is 33.1 Å². The van der Waals surface area contributed by atoms with Crippen molar-refractivity contribution in [3.05, 3.63) is 11.2 Å². The second-order valence-electron chi connectivity index (χ2n) is 4.97. The fraction of sp³-hybridized carbons (Fsp3) is 0.615. The first-order valence-corrected chi connectivity index (χ1v) is 7.31. The van der Waals surface area contributed by atoms with Crippen LogP contribution in [0.5, 0.6) is 0 Å². The summed E-state index contributed by atoms with van der Waals surface area (Å²) in [6.45, 7) is 4.64. The lowest BCUT2D eigenvalue weighted by Crippen LogP contribution is -2.39. The van der Waals surface area contributed by atoms with Crippen molar-refractivity contribution in [2.75, 3.05) is 17.2 Å². The summed E-state index contributed by atoms with van der Waals surface area (Å²) < 4.78 is 0. The van der Waals surface area contributed by atoms with Crippen molar-refractivity contribution in [3.8, 4) is 0 Å². The molecule has 1 fully saturated rings. The summed E-state index contributed by atoms with van der Waals surface area (Å²) in [4.78, 5) is 20.3. The van der Waals surface area contributed by atoms with Crippen LogP contribution in [0.3, 0.4) is 0 Å². The van der Waals surface area contributed by atoms with Gasteiger partial charge >= 0.3 is 0 Å². The number of hydrogen-bond donors (Lipinski definition) is 3. The van der Waals surface area contributed by atoms with Crippen molar-refractivity contribution in [3.63, 3.8) is 0 Å². The van der Waals surface area contributed by atoms with Gasteiger partial charge in [-0.15, -0.1) is 0 Å². The molecule has 20 heavy (non-hydrogen) atoms. The van der Waals surface area contributed by atoms with Crippen LogP contribution in [-0.2, 0) is 4.79 Å². The monoisotopic (exact) mass is 297 g/mol. The summed E-state index contributed by atoms with van der Waals surface area (Å²) in [5.74, 6) is 0.942. The molecular weight excluding hydrogens is 278 g/mol. The molecule has 0 radical (unpaired) electrons. The van der Waals surface area contributed by atoms with E-state index in [1.54, 1.807) is 6.92 Å². The highest BCUT2D eigenvalue weighted by Crippen LogP contribution is 2.21. The van der Waals surface area contributed by atoms with E-state index >= 15 is 0 Å². The maximum Gasteiger partial charge on any atom is 0.242 e. The normalized spacial score (nSPS) is 15.6. The van der Waals surface area contributed by atoms with Gasteiger partial charge < -0.3 is 16.0 Å². The lowest BCUT2D eigenvalue weighted by molar-refractivity contribution is -0.121. The van der Waals surface area contributed by atoms with Gasteiger partial charge in [-0.05, 0) is 26.2 Å². The molecule has 7 heteroatoms. The van der Waals surface area contributed by atoms with E-state index in [0.717, 1.165) is 25.8 Å². The summed E-state index contributed by atoms with van der Waals surface area (Å²) in [6.07, 6.45) is 4.64. The van der Waals surface area contributed by atoms with Gasteiger partial charge in [0.15, 0.2) is 5.82 Å². The zero-order valence-corrected chi connectivity index (χ0v) is 12.5. The highest BCUT2D eigenvalue weighted by molar-refractivity contribution is 6.32. The first-order valence-electron chi connectivity index (χ1n) is 6.93. The largest absolute Gasteiger partial charge is 0.357 e. The highest BCUT2D eigenvalue weighted by Gasteiger charge is 2.26. The minimum Gasteiger partial charge on any atom is -0.357 e. The van der Waals surface area contributed by atoms with Crippen LogP contribution in [0.15, 0.2) is 6.20 Å². The minimum absolute atomic E-state index is 0.0368. The Balaban J connectivity index is 1.97. The molecule has 2 rings (SSSR count). The van der Waals surface area contributed by atoms with Crippen LogP contribution in [0, 0.1) is 0 Å². The SMILES string of the molecule is CCCNc1ncc(Cl)c(NC(C)C(=O)NC2CC2)n1. The first kappa shape index (κ1) is 14.8. The number of rotatable bonds is 7. The molecule has 1 unspecified atom stereocenters. The molecule has 0 spiro atoms. The molecule has 1 saturated carbocycles. The Hall–Kier alpha value is -1.56. The van der Waals surface area contributed by atoms with Crippen molar-refractivity contribution in [2.24, 2.45) is 0 Å². The molecule has 3 N–H and O–H groups in total. The molecule has 0 aliphatic heterocycles. The van der Waals surface area contributed by atoms with Gasteiger partial charge in [-0.3, -0.25) is 4.79 Å². The third-order valence-electron chi connectivity index (χ3n) is 2.95. The summed E-state index contributed by atoms with van der Waals surface area (Å²) in [7, 11) is 0. The number of amides is 1. The third-order valence-corrected chi connectivity index (χ3v) is 3.22. The maximum absolute atomic E-state index is 11.9. The molecule has 1 aromatic rings. The van der Waals surface area contributed by atoms with Crippen molar-refractivity contribution in [1.29, 1.82) is 0 Å². The summed E-state index contributed by atoms with van der Waals surface area (Å²) >= 11 is 6.05. The second-order valence-corrected chi connectivity index (χ2v) is 5.37. The number of anilines is 2. The van der Waals surface area contributed by atoms with Crippen LogP contribution in [0.4, 0.5) is 11.8 Å². The van der Waals surface area contributed by atoms with Crippen LogP contribution >= 0.6 is 11.6 Å². The minimum atomic E-state index is -0.387. The van der Waals surface area contributed by atoms with Crippen LogP contribution in [-0.4, -0.2) is 34.5 Å². The Morgan fingerprint density at radius 3 is 2.95 bits per heavy atom. The summed E-state index contributed by atoms with van der Waals surface area (Å²) in [5, 5.41) is 9.45. The molecule has 0 aromatic carbocycles. The lowest BCUT2D eigenvalue weighted by atomic mass is 10.3. The Kier molecular flexibility index (Phi) is 5.00. The Bertz CT molecular complexity index is 478. The Morgan fingerprint density at radius 2 is 2.30 bits per heavy atom. The van der Waals surface area contributed by atoms with Gasteiger partial charge in [0.2, 0.25) is 11.9 Å². The lowest BCUT2D eigenvalue weighted by Gasteiger charge is -2.15. The van der Waals surface area contributed by atoms with Gasteiger partial charge in [0.25, 0.3) is 0 Å². The average molecular weight is 298 g/mol. The van der Waals surface area contributed by atoms with Crippen molar-refractivity contribution >= 4 is 29.3 Å². The van der Waals surface area contributed by atoms with Crippen molar-refractivity contribution in [2.45, 2.75) is 45.2 Å². The summed E-state index contributed by atoms with van der Waals surface area (Å²) in [6, 6.07) is -0.0450. The molecule has 1 aromatic heterocycles. The standard InChI is InChI=1S/C13H20ClN5O/c1-3-6-15-13-16-7-10(14)11(19-13)17-8(2)12(20)18-9-4-5-9/h7-9H,3-6H2,1-2H3,(H,18,20)(H2,15,16,17,19). The number of carbonyl (C=O) groups is 1. The molecular formula is C13H20ClN5O. The van der Waals surface area contributed by atoms with E-state index < -0.39 is 0 Å². The van der Waals surface area contributed by atoms with E-state index in [0.29, 0.717) is 22.8 Å². The zero-order chi connectivity index (χ0) is 14.5. The number of nitrogens with one attached hydrogen (secondary N) is 3. The molecule has 1 atom stereocenters. The predicted molar refractivity (Wildman–Crippen MR) is 80.1 cm³/mol. The Labute approximate surface area is 123 Å².